The minimum atomic E-state index is 0.179. The van der Waals surface area contributed by atoms with E-state index in [4.69, 9.17) is 10.5 Å². The van der Waals surface area contributed by atoms with Gasteiger partial charge in [0.25, 0.3) is 0 Å². The van der Waals surface area contributed by atoms with E-state index in [1.807, 2.05) is 6.08 Å². The first-order chi connectivity index (χ1) is 3.83. The van der Waals surface area contributed by atoms with Crippen LogP contribution in [0.15, 0.2) is 12.2 Å². The summed E-state index contributed by atoms with van der Waals surface area (Å²) < 4.78 is 0. The molecule has 0 amide bonds. The van der Waals surface area contributed by atoms with E-state index >= 15 is 0 Å². The van der Waals surface area contributed by atoms with Gasteiger partial charge < -0.3 is 10.5 Å². The molecule has 1 aliphatic rings. The summed E-state index contributed by atoms with van der Waals surface area (Å²) in [6.45, 7) is 0.179. The molecule has 0 aliphatic heterocycles. The van der Waals surface area contributed by atoms with Gasteiger partial charge in [-0.25, -0.2) is 0 Å². The van der Waals surface area contributed by atoms with Crippen molar-refractivity contribution in [1.82, 2.24) is 0 Å². The van der Waals surface area contributed by atoms with Crippen LogP contribution in [0, 0.1) is 11.3 Å². The molecule has 0 spiro atoms. The van der Waals surface area contributed by atoms with E-state index in [1.54, 1.807) is 6.08 Å². The number of hydrogen-bond acceptors (Lipinski definition) is 2. The molecule has 2 heteroatoms. The molecule has 1 rings (SSSR count). The van der Waals surface area contributed by atoms with Gasteiger partial charge in [-0.15, -0.1) is 0 Å². The highest BCUT2D eigenvalue weighted by molar-refractivity contribution is 5.94. The summed E-state index contributed by atoms with van der Waals surface area (Å²) in [5.41, 5.74) is 0.629. The molecule has 2 N–H and O–H groups in total. The second-order valence-electron chi connectivity index (χ2n) is 2.03. The monoisotopic (exact) mass is 111 g/mol. The second kappa shape index (κ2) is 2.09. The van der Waals surface area contributed by atoms with E-state index in [9.17, 15) is 0 Å². The first-order valence-electron chi connectivity index (χ1n) is 2.69. The predicted molar refractivity (Wildman–Crippen MR) is 32.1 cm³/mol. The molecule has 0 aromatic rings. The van der Waals surface area contributed by atoms with Gasteiger partial charge in [-0.3, -0.25) is 0 Å². The van der Waals surface area contributed by atoms with Gasteiger partial charge in [-0.1, -0.05) is 6.08 Å². The minimum absolute atomic E-state index is 0.179. The molecular formula is C6H9NO. The van der Waals surface area contributed by atoms with Gasteiger partial charge in [0.1, 0.15) is 0 Å². The summed E-state index contributed by atoms with van der Waals surface area (Å²) in [5.74, 6) is 0.225. The van der Waals surface area contributed by atoms with Crippen LogP contribution in [0.2, 0.25) is 0 Å². The Kier molecular flexibility index (Phi) is 1.44. The normalized spacial score (nSPS) is 27.1. The van der Waals surface area contributed by atoms with Crippen molar-refractivity contribution in [3.8, 4) is 0 Å². The van der Waals surface area contributed by atoms with E-state index in [0.717, 1.165) is 6.42 Å². The van der Waals surface area contributed by atoms with Crippen LogP contribution in [0.5, 0.6) is 0 Å². The Morgan fingerprint density at radius 1 is 1.88 bits per heavy atom. The Hall–Kier alpha value is -0.630. The molecule has 0 aromatic carbocycles. The fourth-order valence-corrected chi connectivity index (χ4v) is 0.796. The number of rotatable bonds is 1. The number of aliphatic hydroxyl groups excluding tert-OH is 1. The summed E-state index contributed by atoms with van der Waals surface area (Å²) in [4.78, 5) is 0. The molecule has 2 nitrogen and oxygen atoms in total. The van der Waals surface area contributed by atoms with Gasteiger partial charge in [0.2, 0.25) is 0 Å². The third kappa shape index (κ3) is 0.954. The van der Waals surface area contributed by atoms with Crippen LogP contribution >= 0.6 is 0 Å². The molecule has 0 saturated carbocycles. The van der Waals surface area contributed by atoms with E-state index in [2.05, 4.69) is 0 Å². The zero-order chi connectivity index (χ0) is 5.98. The molecule has 1 unspecified atom stereocenters. The number of aliphatic hydroxyl groups is 1. The largest absolute Gasteiger partial charge is 0.396 e. The summed E-state index contributed by atoms with van der Waals surface area (Å²) >= 11 is 0. The van der Waals surface area contributed by atoms with E-state index in [1.165, 1.54) is 0 Å². The van der Waals surface area contributed by atoms with Gasteiger partial charge in [0, 0.05) is 18.2 Å². The molecule has 1 atom stereocenters. The maximum absolute atomic E-state index is 8.54. The second-order valence-corrected chi connectivity index (χ2v) is 2.03. The average molecular weight is 111 g/mol. The Labute approximate surface area is 48.3 Å². The van der Waals surface area contributed by atoms with Gasteiger partial charge in [-0.2, -0.15) is 0 Å². The molecule has 0 fully saturated rings. The van der Waals surface area contributed by atoms with Crippen LogP contribution < -0.4 is 0 Å². The van der Waals surface area contributed by atoms with Crippen LogP contribution in [0.1, 0.15) is 6.42 Å². The van der Waals surface area contributed by atoms with Crippen LogP contribution in [-0.2, 0) is 0 Å². The van der Waals surface area contributed by atoms with Crippen LogP contribution in [0.25, 0.3) is 0 Å². The molecule has 8 heavy (non-hydrogen) atoms. The zero-order valence-corrected chi connectivity index (χ0v) is 4.59. The van der Waals surface area contributed by atoms with Gasteiger partial charge in [0.15, 0.2) is 0 Å². The summed E-state index contributed by atoms with van der Waals surface area (Å²) in [6, 6.07) is 0. The van der Waals surface area contributed by atoms with Crippen molar-refractivity contribution >= 4 is 5.71 Å². The van der Waals surface area contributed by atoms with Crippen molar-refractivity contribution in [2.24, 2.45) is 5.92 Å². The highest BCUT2D eigenvalue weighted by atomic mass is 16.3. The van der Waals surface area contributed by atoms with Crippen molar-refractivity contribution in [1.29, 1.82) is 5.41 Å². The fraction of sp³-hybridized carbons (Fsp3) is 0.500. The van der Waals surface area contributed by atoms with Crippen molar-refractivity contribution in [3.05, 3.63) is 12.2 Å². The molecular weight excluding hydrogens is 102 g/mol. The number of nitrogens with one attached hydrogen (secondary N) is 1. The molecule has 0 saturated heterocycles. The molecule has 0 radical (unpaired) electrons. The van der Waals surface area contributed by atoms with Crippen molar-refractivity contribution < 1.29 is 5.11 Å². The van der Waals surface area contributed by atoms with E-state index in [-0.39, 0.29) is 12.5 Å². The Bertz CT molecular complexity index is 128. The fourth-order valence-electron chi connectivity index (χ4n) is 0.796. The minimum Gasteiger partial charge on any atom is -0.396 e. The first kappa shape index (κ1) is 5.51. The van der Waals surface area contributed by atoms with Crippen LogP contribution in [-0.4, -0.2) is 17.4 Å². The maximum atomic E-state index is 8.54. The summed E-state index contributed by atoms with van der Waals surface area (Å²) in [7, 11) is 0. The molecule has 0 aromatic heterocycles. The number of allylic oxidation sites excluding steroid dienone is 1. The van der Waals surface area contributed by atoms with Gasteiger partial charge >= 0.3 is 0 Å². The Morgan fingerprint density at radius 3 is 2.88 bits per heavy atom. The Balaban J connectivity index is 2.46. The molecule has 1 aliphatic carbocycles. The quantitative estimate of drug-likeness (QED) is 0.510. The first-order valence-corrected chi connectivity index (χ1v) is 2.69. The summed E-state index contributed by atoms with van der Waals surface area (Å²) in [6.07, 6.45) is 4.35. The lowest BCUT2D eigenvalue weighted by Gasteiger charge is -1.97. The lowest BCUT2D eigenvalue weighted by atomic mass is 10.1. The highest BCUT2D eigenvalue weighted by Gasteiger charge is 2.10. The van der Waals surface area contributed by atoms with Crippen LogP contribution in [0.4, 0.5) is 0 Å². The molecule has 0 bridgehead atoms. The smallest absolute Gasteiger partial charge is 0.0497 e. The topological polar surface area (TPSA) is 44.1 Å². The lowest BCUT2D eigenvalue weighted by Crippen LogP contribution is -2.00. The summed E-state index contributed by atoms with van der Waals surface area (Å²) in [5, 5.41) is 15.6. The lowest BCUT2D eigenvalue weighted by molar-refractivity contribution is 0.258. The van der Waals surface area contributed by atoms with E-state index < -0.39 is 0 Å². The zero-order valence-electron chi connectivity index (χ0n) is 4.59. The molecule has 44 valence electrons. The van der Waals surface area contributed by atoms with Crippen molar-refractivity contribution in [2.75, 3.05) is 6.61 Å². The molecule has 0 heterocycles. The standard InChI is InChI=1S/C6H9NO/c7-6-2-1-5(3-6)4-8/h1-2,5,7-8H,3-4H2. The van der Waals surface area contributed by atoms with Crippen LogP contribution in [0.3, 0.4) is 0 Å². The Morgan fingerprint density at radius 2 is 2.62 bits per heavy atom. The highest BCUT2D eigenvalue weighted by Crippen LogP contribution is 2.12. The van der Waals surface area contributed by atoms with E-state index in [0.29, 0.717) is 5.71 Å². The SMILES string of the molecule is N=C1C=CC(CO)C1. The van der Waals surface area contributed by atoms with Gasteiger partial charge in [0.05, 0.1) is 0 Å². The average Bonchev–Trinajstić information content (AvgIpc) is 2.14. The predicted octanol–water partition coefficient (Wildman–Crippen LogP) is 0.575. The number of hydrogen-bond donors (Lipinski definition) is 2. The van der Waals surface area contributed by atoms with Crippen molar-refractivity contribution in [2.45, 2.75) is 6.42 Å². The third-order valence-electron chi connectivity index (χ3n) is 1.29. The van der Waals surface area contributed by atoms with Crippen molar-refractivity contribution in [3.63, 3.8) is 0 Å². The third-order valence-corrected chi connectivity index (χ3v) is 1.29. The maximum Gasteiger partial charge on any atom is 0.0497 e. The van der Waals surface area contributed by atoms with Gasteiger partial charge in [-0.05, 0) is 12.5 Å².